The number of benzene rings is 2. The molecule has 1 amide bonds. The monoisotopic (exact) mass is 496 g/mol. The third-order valence-electron chi connectivity index (χ3n) is 5.42. The minimum Gasteiger partial charge on any atom is -0.507 e. The number of aliphatic imine (C=N–C) groups is 1. The van der Waals surface area contributed by atoms with Crippen molar-refractivity contribution < 1.29 is 20.1 Å². The average molecular weight is 497 g/mol. The summed E-state index contributed by atoms with van der Waals surface area (Å²) in [5, 5.41) is 40.8. The SMILES string of the molecule is CC(C)CNCC/N=C/c1c(O)cc(O)c2nc3c(C(=O)NCCNCC(C)C)ccc(O)c3nc12. The van der Waals surface area contributed by atoms with Crippen molar-refractivity contribution in [3.8, 4) is 17.2 Å². The summed E-state index contributed by atoms with van der Waals surface area (Å²) in [5.41, 5.74) is 0.998. The summed E-state index contributed by atoms with van der Waals surface area (Å²) in [6.07, 6.45) is 1.48. The van der Waals surface area contributed by atoms with Gasteiger partial charge in [0, 0.05) is 31.9 Å². The maximum Gasteiger partial charge on any atom is 0.253 e. The van der Waals surface area contributed by atoms with Gasteiger partial charge >= 0.3 is 0 Å². The molecule has 0 unspecified atom stereocenters. The van der Waals surface area contributed by atoms with E-state index < -0.39 is 0 Å². The molecule has 1 aromatic heterocycles. The standard InChI is InChI=1S/C26H36N6O4/c1-15(2)12-27-7-8-29-14-18-20(34)11-21(35)25-23(18)32-24-19(33)6-5-17(22(24)31-25)26(36)30-10-9-28-13-16(3)4/h5-6,11,14-16,27-28,33-35H,7-10,12-13H2,1-4H3,(H,30,36)/b29-14+. The summed E-state index contributed by atoms with van der Waals surface area (Å²) in [6.45, 7) is 12.4. The van der Waals surface area contributed by atoms with E-state index in [1.165, 1.54) is 24.4 Å². The molecule has 6 N–H and O–H groups in total. The topological polar surface area (TPSA) is 152 Å². The van der Waals surface area contributed by atoms with Crippen LogP contribution in [0.25, 0.3) is 22.1 Å². The Morgan fingerprint density at radius 2 is 1.50 bits per heavy atom. The second-order valence-electron chi connectivity index (χ2n) is 9.57. The summed E-state index contributed by atoms with van der Waals surface area (Å²) in [6, 6.07) is 4.02. The van der Waals surface area contributed by atoms with Crippen molar-refractivity contribution in [3.05, 3.63) is 29.3 Å². The fourth-order valence-corrected chi connectivity index (χ4v) is 3.64. The number of amides is 1. The molecule has 10 nitrogen and oxygen atoms in total. The van der Waals surface area contributed by atoms with Gasteiger partial charge in [0.05, 0.1) is 17.7 Å². The van der Waals surface area contributed by atoms with Gasteiger partial charge in [0.1, 0.15) is 39.3 Å². The van der Waals surface area contributed by atoms with Crippen LogP contribution in [-0.4, -0.2) is 76.7 Å². The van der Waals surface area contributed by atoms with Crippen molar-refractivity contribution in [1.29, 1.82) is 0 Å². The van der Waals surface area contributed by atoms with Crippen molar-refractivity contribution in [2.24, 2.45) is 16.8 Å². The Hall–Kier alpha value is -3.50. The summed E-state index contributed by atoms with van der Waals surface area (Å²) < 4.78 is 0. The van der Waals surface area contributed by atoms with E-state index in [0.29, 0.717) is 38.0 Å². The number of carbonyl (C=O) groups is 1. The van der Waals surface area contributed by atoms with Gasteiger partial charge < -0.3 is 31.3 Å². The van der Waals surface area contributed by atoms with Crippen LogP contribution in [0.1, 0.15) is 43.6 Å². The van der Waals surface area contributed by atoms with Gasteiger partial charge in [-0.15, -0.1) is 0 Å². The van der Waals surface area contributed by atoms with Gasteiger partial charge in [-0.3, -0.25) is 9.79 Å². The number of aromatic nitrogens is 2. The molecule has 10 heteroatoms. The number of phenolic OH excluding ortho intramolecular Hbond substituents is 3. The van der Waals surface area contributed by atoms with Crippen LogP contribution >= 0.6 is 0 Å². The van der Waals surface area contributed by atoms with Crippen LogP contribution in [0.5, 0.6) is 17.2 Å². The molecule has 36 heavy (non-hydrogen) atoms. The third kappa shape index (κ3) is 6.79. The van der Waals surface area contributed by atoms with E-state index in [1.54, 1.807) is 0 Å². The van der Waals surface area contributed by atoms with Crippen LogP contribution in [-0.2, 0) is 0 Å². The average Bonchev–Trinajstić information content (AvgIpc) is 2.82. The van der Waals surface area contributed by atoms with Gasteiger partial charge in [-0.25, -0.2) is 9.97 Å². The maximum atomic E-state index is 12.9. The van der Waals surface area contributed by atoms with Gasteiger partial charge in [0.15, 0.2) is 0 Å². The number of rotatable bonds is 12. The third-order valence-corrected chi connectivity index (χ3v) is 5.42. The molecule has 0 saturated carbocycles. The Kier molecular flexibility index (Phi) is 9.38. The molecule has 0 aliphatic rings. The zero-order valence-corrected chi connectivity index (χ0v) is 21.3. The zero-order chi connectivity index (χ0) is 26.2. The van der Waals surface area contributed by atoms with Gasteiger partial charge in [-0.1, -0.05) is 27.7 Å². The molecule has 3 rings (SSSR count). The molecule has 3 aromatic rings. The fourth-order valence-electron chi connectivity index (χ4n) is 3.64. The van der Waals surface area contributed by atoms with Crippen LogP contribution in [0.3, 0.4) is 0 Å². The van der Waals surface area contributed by atoms with Crippen LogP contribution in [0.15, 0.2) is 23.2 Å². The lowest BCUT2D eigenvalue weighted by atomic mass is 10.1. The first-order chi connectivity index (χ1) is 17.2. The van der Waals surface area contributed by atoms with Gasteiger partial charge in [0.25, 0.3) is 5.91 Å². The van der Waals surface area contributed by atoms with Crippen molar-refractivity contribution in [1.82, 2.24) is 25.9 Å². The summed E-state index contributed by atoms with van der Waals surface area (Å²) in [5.74, 6) is -0.000119. The number of hydrogen-bond acceptors (Lipinski definition) is 9. The van der Waals surface area contributed by atoms with Crippen LogP contribution in [0, 0.1) is 11.8 Å². The highest BCUT2D eigenvalue weighted by molar-refractivity contribution is 6.10. The highest BCUT2D eigenvalue weighted by atomic mass is 16.3. The number of carbonyl (C=O) groups excluding carboxylic acids is 1. The first-order valence-corrected chi connectivity index (χ1v) is 12.3. The molecular formula is C26H36N6O4. The lowest BCUT2D eigenvalue weighted by Gasteiger charge is -2.12. The molecule has 194 valence electrons. The van der Waals surface area contributed by atoms with Gasteiger partial charge in [-0.05, 0) is 37.1 Å². The highest BCUT2D eigenvalue weighted by Crippen LogP contribution is 2.35. The quantitative estimate of drug-likeness (QED) is 0.127. The predicted molar refractivity (Wildman–Crippen MR) is 142 cm³/mol. The molecular weight excluding hydrogens is 460 g/mol. The van der Waals surface area contributed by atoms with Crippen molar-refractivity contribution in [3.63, 3.8) is 0 Å². The Labute approximate surface area is 210 Å². The first-order valence-electron chi connectivity index (χ1n) is 12.3. The van der Waals surface area contributed by atoms with E-state index in [-0.39, 0.29) is 56.3 Å². The molecule has 0 spiro atoms. The lowest BCUT2D eigenvalue weighted by Crippen LogP contribution is -2.33. The molecule has 0 aliphatic carbocycles. The summed E-state index contributed by atoms with van der Waals surface area (Å²) in [7, 11) is 0. The minimum atomic E-state index is -0.367. The number of phenols is 3. The Bertz CT molecular complexity index is 1240. The smallest absolute Gasteiger partial charge is 0.253 e. The number of nitrogens with zero attached hydrogens (tertiary/aromatic N) is 3. The van der Waals surface area contributed by atoms with E-state index in [4.69, 9.17) is 0 Å². The summed E-state index contributed by atoms with van der Waals surface area (Å²) in [4.78, 5) is 26.2. The maximum absolute atomic E-state index is 12.9. The molecule has 2 aromatic carbocycles. The van der Waals surface area contributed by atoms with Gasteiger partial charge in [-0.2, -0.15) is 0 Å². The van der Waals surface area contributed by atoms with Gasteiger partial charge in [0.2, 0.25) is 0 Å². The van der Waals surface area contributed by atoms with Crippen LogP contribution in [0.2, 0.25) is 0 Å². The van der Waals surface area contributed by atoms with E-state index in [1.807, 2.05) is 0 Å². The Balaban J connectivity index is 1.91. The largest absolute Gasteiger partial charge is 0.507 e. The first kappa shape index (κ1) is 27.1. The molecule has 0 aliphatic heterocycles. The number of aromatic hydroxyl groups is 3. The van der Waals surface area contributed by atoms with Crippen LogP contribution in [0.4, 0.5) is 0 Å². The normalized spacial score (nSPS) is 11.9. The Morgan fingerprint density at radius 1 is 0.861 bits per heavy atom. The predicted octanol–water partition coefficient (Wildman–Crippen LogP) is 2.54. The molecule has 0 bridgehead atoms. The second-order valence-corrected chi connectivity index (χ2v) is 9.57. The highest BCUT2D eigenvalue weighted by Gasteiger charge is 2.20. The van der Waals surface area contributed by atoms with Crippen molar-refractivity contribution >= 4 is 34.2 Å². The van der Waals surface area contributed by atoms with Crippen LogP contribution < -0.4 is 16.0 Å². The number of hydrogen-bond donors (Lipinski definition) is 6. The molecule has 0 atom stereocenters. The zero-order valence-electron chi connectivity index (χ0n) is 21.3. The summed E-state index contributed by atoms with van der Waals surface area (Å²) >= 11 is 0. The number of nitrogens with one attached hydrogen (secondary N) is 3. The van der Waals surface area contributed by atoms with E-state index in [0.717, 1.165) is 13.1 Å². The molecule has 0 radical (unpaired) electrons. The van der Waals surface area contributed by atoms with E-state index >= 15 is 0 Å². The second kappa shape index (κ2) is 12.5. The van der Waals surface area contributed by atoms with E-state index in [2.05, 4.69) is 58.6 Å². The fraction of sp³-hybridized carbons (Fsp3) is 0.462. The molecule has 1 heterocycles. The lowest BCUT2D eigenvalue weighted by molar-refractivity contribution is 0.0955. The van der Waals surface area contributed by atoms with E-state index in [9.17, 15) is 20.1 Å². The Morgan fingerprint density at radius 3 is 2.19 bits per heavy atom. The van der Waals surface area contributed by atoms with Crippen molar-refractivity contribution in [2.75, 3.05) is 39.3 Å². The van der Waals surface area contributed by atoms with Crippen molar-refractivity contribution in [2.45, 2.75) is 27.7 Å². The molecule has 0 fully saturated rings. The number of fused-ring (bicyclic) bond motifs is 2. The minimum absolute atomic E-state index is 0.0892. The molecule has 0 saturated heterocycles.